The van der Waals surface area contributed by atoms with Crippen molar-refractivity contribution in [3.8, 4) is 0 Å². The van der Waals surface area contributed by atoms with Gasteiger partial charge in [-0.1, -0.05) is 13.8 Å². The Morgan fingerprint density at radius 1 is 1.53 bits per heavy atom. The van der Waals surface area contributed by atoms with Crippen molar-refractivity contribution in [3.63, 3.8) is 0 Å². The molecular formula is C10H20N4S. The number of hydrogen-bond acceptors (Lipinski definition) is 5. The number of hydrogen-bond donors (Lipinski definition) is 2. The molecule has 0 aliphatic carbocycles. The second kappa shape index (κ2) is 5.32. The molecule has 0 radical (unpaired) electrons. The van der Waals surface area contributed by atoms with Crippen LogP contribution in [0.25, 0.3) is 0 Å². The van der Waals surface area contributed by atoms with E-state index in [9.17, 15) is 0 Å². The van der Waals surface area contributed by atoms with E-state index in [1.165, 1.54) is 11.5 Å². The van der Waals surface area contributed by atoms with Crippen LogP contribution in [0.3, 0.4) is 0 Å². The highest BCUT2D eigenvalue weighted by Gasteiger charge is 2.14. The van der Waals surface area contributed by atoms with Gasteiger partial charge in [-0.15, -0.1) is 0 Å². The van der Waals surface area contributed by atoms with Gasteiger partial charge in [0.1, 0.15) is 10.8 Å². The molecule has 0 amide bonds. The van der Waals surface area contributed by atoms with E-state index in [-0.39, 0.29) is 0 Å². The van der Waals surface area contributed by atoms with Crippen molar-refractivity contribution in [2.24, 2.45) is 5.92 Å². The average molecular weight is 228 g/mol. The van der Waals surface area contributed by atoms with Crippen LogP contribution >= 0.6 is 11.5 Å². The first-order valence-electron chi connectivity index (χ1n) is 5.12. The molecule has 0 aliphatic heterocycles. The van der Waals surface area contributed by atoms with Crippen LogP contribution in [0.4, 0.5) is 10.8 Å². The predicted octanol–water partition coefficient (Wildman–Crippen LogP) is 1.72. The molecule has 15 heavy (non-hydrogen) atoms. The summed E-state index contributed by atoms with van der Waals surface area (Å²) < 4.78 is 4.05. The maximum absolute atomic E-state index is 5.58. The molecule has 1 aromatic heterocycles. The summed E-state index contributed by atoms with van der Waals surface area (Å²) in [4.78, 5) is 2.18. The van der Waals surface area contributed by atoms with Gasteiger partial charge in [0.2, 0.25) is 0 Å². The molecule has 0 aromatic carbocycles. The average Bonchev–Trinajstić information content (AvgIpc) is 2.49. The number of likely N-dealkylation sites (N-methyl/N-ethyl adjacent to an activating group) is 1. The van der Waals surface area contributed by atoms with E-state index in [4.69, 9.17) is 5.73 Å². The molecule has 0 saturated heterocycles. The molecule has 1 heterocycles. The van der Waals surface area contributed by atoms with Crippen LogP contribution in [0.15, 0.2) is 6.07 Å². The molecule has 1 aromatic rings. The summed E-state index contributed by atoms with van der Waals surface area (Å²) in [5.41, 5.74) is 5.58. The standard InChI is InChI=1S/C10H20N4S/c1-7(2)8(6-14(3)4)12-10-5-9(11)13-15-10/h5,7-8,12H,6H2,1-4H3,(H2,11,13). The Balaban J connectivity index is 2.58. The van der Waals surface area contributed by atoms with Gasteiger partial charge in [0.25, 0.3) is 0 Å². The van der Waals surface area contributed by atoms with Gasteiger partial charge in [0.05, 0.1) is 0 Å². The van der Waals surface area contributed by atoms with Crippen molar-refractivity contribution in [1.29, 1.82) is 0 Å². The van der Waals surface area contributed by atoms with Crippen LogP contribution in [0.5, 0.6) is 0 Å². The minimum absolute atomic E-state index is 0.430. The monoisotopic (exact) mass is 228 g/mol. The zero-order chi connectivity index (χ0) is 11.4. The number of nitrogen functional groups attached to an aromatic ring is 1. The SMILES string of the molecule is CC(C)C(CN(C)C)Nc1cc(N)ns1. The third-order valence-corrected chi connectivity index (χ3v) is 2.96. The zero-order valence-corrected chi connectivity index (χ0v) is 10.6. The van der Waals surface area contributed by atoms with E-state index in [0.717, 1.165) is 11.5 Å². The first kappa shape index (κ1) is 12.3. The summed E-state index contributed by atoms with van der Waals surface area (Å²) in [7, 11) is 4.16. The summed E-state index contributed by atoms with van der Waals surface area (Å²) in [6, 6.07) is 2.32. The second-order valence-corrected chi connectivity index (χ2v) is 5.18. The van der Waals surface area contributed by atoms with E-state index in [1.54, 1.807) is 0 Å². The fraction of sp³-hybridized carbons (Fsp3) is 0.700. The Labute approximate surface area is 95.6 Å². The molecule has 0 bridgehead atoms. The van der Waals surface area contributed by atoms with Crippen LogP contribution in [0.2, 0.25) is 0 Å². The largest absolute Gasteiger partial charge is 0.383 e. The molecule has 0 spiro atoms. The van der Waals surface area contributed by atoms with Gasteiger partial charge in [-0.2, -0.15) is 4.37 Å². The summed E-state index contributed by atoms with van der Waals surface area (Å²) in [6.07, 6.45) is 0. The van der Waals surface area contributed by atoms with Gasteiger partial charge in [0.15, 0.2) is 0 Å². The third-order valence-electron chi connectivity index (χ3n) is 2.22. The summed E-state index contributed by atoms with van der Waals surface area (Å²) in [5, 5.41) is 4.51. The first-order valence-corrected chi connectivity index (χ1v) is 5.90. The van der Waals surface area contributed by atoms with Gasteiger partial charge < -0.3 is 16.0 Å². The van der Waals surface area contributed by atoms with Crippen LogP contribution in [0.1, 0.15) is 13.8 Å². The van der Waals surface area contributed by atoms with Crippen LogP contribution in [0, 0.1) is 5.92 Å². The van der Waals surface area contributed by atoms with E-state index >= 15 is 0 Å². The van der Waals surface area contributed by atoms with Gasteiger partial charge in [-0.25, -0.2) is 0 Å². The number of nitrogens with one attached hydrogen (secondary N) is 1. The maximum Gasteiger partial charge on any atom is 0.139 e. The molecule has 0 fully saturated rings. The molecule has 4 nitrogen and oxygen atoms in total. The molecule has 3 N–H and O–H groups in total. The highest BCUT2D eigenvalue weighted by atomic mass is 32.1. The van der Waals surface area contributed by atoms with Crippen molar-refractivity contribution < 1.29 is 0 Å². The molecule has 0 saturated carbocycles. The first-order chi connectivity index (χ1) is 6.99. The normalized spacial score (nSPS) is 13.5. The van der Waals surface area contributed by atoms with Gasteiger partial charge >= 0.3 is 0 Å². The Bertz CT molecular complexity index is 295. The molecule has 1 unspecified atom stereocenters. The van der Waals surface area contributed by atoms with E-state index < -0.39 is 0 Å². The van der Waals surface area contributed by atoms with E-state index in [0.29, 0.717) is 17.8 Å². The van der Waals surface area contributed by atoms with Crippen molar-refractivity contribution in [1.82, 2.24) is 9.27 Å². The lowest BCUT2D eigenvalue weighted by Crippen LogP contribution is -2.36. The molecule has 1 rings (SSSR count). The summed E-state index contributed by atoms with van der Waals surface area (Å²) >= 11 is 1.42. The molecule has 1 atom stereocenters. The van der Waals surface area contributed by atoms with Crippen LogP contribution in [-0.2, 0) is 0 Å². The number of anilines is 2. The predicted molar refractivity (Wildman–Crippen MR) is 67.3 cm³/mol. The van der Waals surface area contributed by atoms with E-state index in [2.05, 4.69) is 42.5 Å². The summed E-state index contributed by atoms with van der Waals surface area (Å²) in [5.74, 6) is 1.17. The number of rotatable bonds is 5. The van der Waals surface area contributed by atoms with E-state index in [1.807, 2.05) is 6.07 Å². The Hall–Kier alpha value is -0.810. The highest BCUT2D eigenvalue weighted by molar-refractivity contribution is 7.10. The lowest BCUT2D eigenvalue weighted by atomic mass is 10.0. The number of nitrogens with two attached hydrogens (primary N) is 1. The maximum atomic E-state index is 5.58. The number of aromatic nitrogens is 1. The lowest BCUT2D eigenvalue weighted by molar-refractivity contribution is 0.345. The second-order valence-electron chi connectivity index (χ2n) is 4.37. The smallest absolute Gasteiger partial charge is 0.139 e. The summed E-state index contributed by atoms with van der Waals surface area (Å²) in [6.45, 7) is 5.44. The topological polar surface area (TPSA) is 54.2 Å². The zero-order valence-electron chi connectivity index (χ0n) is 9.82. The van der Waals surface area contributed by atoms with Crippen molar-refractivity contribution in [3.05, 3.63) is 6.07 Å². The minimum Gasteiger partial charge on any atom is -0.383 e. The molecular weight excluding hydrogens is 208 g/mol. The lowest BCUT2D eigenvalue weighted by Gasteiger charge is -2.25. The minimum atomic E-state index is 0.430. The van der Waals surface area contributed by atoms with Crippen molar-refractivity contribution >= 4 is 22.4 Å². The quantitative estimate of drug-likeness (QED) is 0.806. The fourth-order valence-electron chi connectivity index (χ4n) is 1.36. The number of nitrogens with zero attached hydrogens (tertiary/aromatic N) is 2. The van der Waals surface area contributed by atoms with Gasteiger partial charge in [0, 0.05) is 18.7 Å². The molecule has 86 valence electrons. The Morgan fingerprint density at radius 3 is 2.60 bits per heavy atom. The molecule has 0 aliphatic rings. The van der Waals surface area contributed by atoms with Crippen LogP contribution in [-0.4, -0.2) is 36.0 Å². The van der Waals surface area contributed by atoms with Crippen LogP contribution < -0.4 is 11.1 Å². The highest BCUT2D eigenvalue weighted by Crippen LogP contribution is 2.20. The fourth-order valence-corrected chi connectivity index (χ4v) is 1.99. The van der Waals surface area contributed by atoms with Gasteiger partial charge in [-0.05, 0) is 31.5 Å². The van der Waals surface area contributed by atoms with Gasteiger partial charge in [-0.3, -0.25) is 0 Å². The third kappa shape index (κ3) is 4.05. The molecule has 5 heteroatoms. The Kier molecular flexibility index (Phi) is 4.35. The Morgan fingerprint density at radius 2 is 2.20 bits per heavy atom. The van der Waals surface area contributed by atoms with Crippen molar-refractivity contribution in [2.75, 3.05) is 31.7 Å². The van der Waals surface area contributed by atoms with Crippen molar-refractivity contribution in [2.45, 2.75) is 19.9 Å².